The second kappa shape index (κ2) is 8.69. The summed E-state index contributed by atoms with van der Waals surface area (Å²) in [6.45, 7) is 8.02. The van der Waals surface area contributed by atoms with Gasteiger partial charge in [0.1, 0.15) is 11.4 Å². The summed E-state index contributed by atoms with van der Waals surface area (Å²) < 4.78 is 5.44. The number of aryl methyl sites for hydroxylation is 1. The number of hydrogen-bond donors (Lipinski definition) is 1. The first kappa shape index (κ1) is 19.6. The van der Waals surface area contributed by atoms with Crippen molar-refractivity contribution in [2.24, 2.45) is 0 Å². The molecule has 0 unspecified atom stereocenters. The Labute approximate surface area is 164 Å². The molecule has 0 radical (unpaired) electrons. The van der Waals surface area contributed by atoms with Gasteiger partial charge < -0.3 is 19.9 Å². The molecule has 0 saturated carbocycles. The van der Waals surface area contributed by atoms with Gasteiger partial charge in [0.2, 0.25) is 11.9 Å². The zero-order valence-corrected chi connectivity index (χ0v) is 16.4. The van der Waals surface area contributed by atoms with Crippen LogP contribution in [0.2, 0.25) is 0 Å². The van der Waals surface area contributed by atoms with Crippen molar-refractivity contribution in [3.63, 3.8) is 0 Å². The van der Waals surface area contributed by atoms with Gasteiger partial charge in [-0.05, 0) is 44.2 Å². The fourth-order valence-corrected chi connectivity index (χ4v) is 3.05. The van der Waals surface area contributed by atoms with Gasteiger partial charge in [-0.1, -0.05) is 0 Å². The van der Waals surface area contributed by atoms with Crippen molar-refractivity contribution in [2.75, 3.05) is 38.1 Å². The van der Waals surface area contributed by atoms with Crippen molar-refractivity contribution < 1.29 is 14.3 Å². The Morgan fingerprint density at radius 3 is 2.32 bits per heavy atom. The number of rotatable bonds is 5. The fraction of sp³-hybridized carbons (Fsp3) is 0.400. The molecule has 2 amide bonds. The molecule has 0 bridgehead atoms. The molecule has 0 spiro atoms. The van der Waals surface area contributed by atoms with E-state index in [4.69, 9.17) is 4.74 Å². The van der Waals surface area contributed by atoms with Gasteiger partial charge in [-0.3, -0.25) is 9.59 Å². The van der Waals surface area contributed by atoms with E-state index in [0.717, 1.165) is 11.4 Å². The van der Waals surface area contributed by atoms with E-state index in [2.05, 4.69) is 15.3 Å². The number of aromatic nitrogens is 2. The number of hydrogen-bond acceptors (Lipinski definition) is 6. The number of nitrogens with one attached hydrogen (secondary N) is 1. The second-order valence-corrected chi connectivity index (χ2v) is 6.60. The monoisotopic (exact) mass is 383 g/mol. The molecule has 1 aliphatic heterocycles. The largest absolute Gasteiger partial charge is 0.494 e. The van der Waals surface area contributed by atoms with Gasteiger partial charge >= 0.3 is 0 Å². The summed E-state index contributed by atoms with van der Waals surface area (Å²) in [5.41, 5.74) is 1.86. The van der Waals surface area contributed by atoms with Crippen molar-refractivity contribution in [1.82, 2.24) is 19.8 Å². The van der Waals surface area contributed by atoms with E-state index in [1.54, 1.807) is 22.8 Å². The van der Waals surface area contributed by atoms with Crippen LogP contribution in [0.5, 0.6) is 5.75 Å². The van der Waals surface area contributed by atoms with Crippen LogP contribution in [-0.2, 0) is 4.79 Å². The Balaban J connectivity index is 1.70. The quantitative estimate of drug-likeness (QED) is 0.852. The van der Waals surface area contributed by atoms with Crippen LogP contribution in [0.25, 0.3) is 0 Å². The van der Waals surface area contributed by atoms with Gasteiger partial charge in [-0.15, -0.1) is 0 Å². The number of amides is 2. The van der Waals surface area contributed by atoms with Crippen LogP contribution >= 0.6 is 0 Å². The zero-order chi connectivity index (χ0) is 20.1. The van der Waals surface area contributed by atoms with Gasteiger partial charge in [-0.2, -0.15) is 0 Å². The molecule has 1 fully saturated rings. The highest BCUT2D eigenvalue weighted by molar-refractivity contribution is 5.93. The summed E-state index contributed by atoms with van der Waals surface area (Å²) in [4.78, 5) is 36.5. The molecular weight excluding hydrogens is 358 g/mol. The third-order valence-corrected chi connectivity index (χ3v) is 4.51. The van der Waals surface area contributed by atoms with Crippen molar-refractivity contribution in [3.8, 4) is 5.75 Å². The average molecular weight is 383 g/mol. The van der Waals surface area contributed by atoms with Crippen molar-refractivity contribution in [1.29, 1.82) is 0 Å². The Morgan fingerprint density at radius 1 is 1.07 bits per heavy atom. The Hall–Kier alpha value is -3.16. The third-order valence-electron chi connectivity index (χ3n) is 4.51. The highest BCUT2D eigenvalue weighted by Gasteiger charge is 2.24. The Kier molecular flexibility index (Phi) is 6.08. The van der Waals surface area contributed by atoms with E-state index in [-0.39, 0.29) is 11.8 Å². The summed E-state index contributed by atoms with van der Waals surface area (Å²) >= 11 is 0. The Bertz CT molecular complexity index is 845. The summed E-state index contributed by atoms with van der Waals surface area (Å²) in [6, 6.07) is 9.16. The minimum Gasteiger partial charge on any atom is -0.494 e. The maximum atomic E-state index is 12.8. The number of ether oxygens (including phenoxy) is 1. The van der Waals surface area contributed by atoms with Gasteiger partial charge in [0.05, 0.1) is 6.61 Å². The van der Waals surface area contributed by atoms with E-state index in [1.807, 2.05) is 38.1 Å². The maximum Gasteiger partial charge on any atom is 0.272 e. The normalized spacial score (nSPS) is 14.0. The summed E-state index contributed by atoms with van der Waals surface area (Å²) in [7, 11) is 0. The minimum atomic E-state index is -0.150. The van der Waals surface area contributed by atoms with Crippen molar-refractivity contribution in [3.05, 3.63) is 41.7 Å². The van der Waals surface area contributed by atoms with E-state index >= 15 is 0 Å². The number of anilines is 2. The lowest BCUT2D eigenvalue weighted by Gasteiger charge is -2.34. The molecule has 148 valence electrons. The SMILES string of the molecule is CCOc1ccc(Nc2nc(C)cc(C(=O)N3CCN(C(C)=O)CC3)n2)cc1. The van der Waals surface area contributed by atoms with E-state index in [1.165, 1.54) is 0 Å². The molecule has 8 nitrogen and oxygen atoms in total. The van der Waals surface area contributed by atoms with Crippen molar-refractivity contribution in [2.45, 2.75) is 20.8 Å². The number of nitrogens with zero attached hydrogens (tertiary/aromatic N) is 4. The molecule has 1 N–H and O–H groups in total. The van der Waals surface area contributed by atoms with Gasteiger partial charge in [0.15, 0.2) is 0 Å². The standard InChI is InChI=1S/C20H25N5O3/c1-4-28-17-7-5-16(6-8-17)22-20-21-14(2)13-18(23-20)19(27)25-11-9-24(10-12-25)15(3)26/h5-8,13H,4,9-12H2,1-3H3,(H,21,22,23). The highest BCUT2D eigenvalue weighted by Crippen LogP contribution is 2.19. The minimum absolute atomic E-state index is 0.0341. The number of benzene rings is 1. The molecule has 2 heterocycles. The summed E-state index contributed by atoms with van der Waals surface area (Å²) in [6.07, 6.45) is 0. The lowest BCUT2D eigenvalue weighted by Crippen LogP contribution is -2.50. The molecule has 28 heavy (non-hydrogen) atoms. The molecule has 0 atom stereocenters. The summed E-state index contributed by atoms with van der Waals surface area (Å²) in [5.74, 6) is 1.05. The van der Waals surface area contributed by atoms with E-state index in [0.29, 0.717) is 50.1 Å². The predicted octanol–water partition coefficient (Wildman–Crippen LogP) is 2.23. The maximum absolute atomic E-state index is 12.8. The molecule has 1 aromatic heterocycles. The number of carbonyl (C=O) groups excluding carboxylic acids is 2. The average Bonchev–Trinajstić information content (AvgIpc) is 2.69. The molecular formula is C20H25N5O3. The van der Waals surface area contributed by atoms with Crippen molar-refractivity contribution >= 4 is 23.5 Å². The van der Waals surface area contributed by atoms with E-state index < -0.39 is 0 Å². The predicted molar refractivity (Wildman–Crippen MR) is 106 cm³/mol. The van der Waals surface area contributed by atoms with Crippen LogP contribution < -0.4 is 10.1 Å². The first-order valence-corrected chi connectivity index (χ1v) is 9.36. The lowest BCUT2D eigenvalue weighted by atomic mass is 10.2. The smallest absolute Gasteiger partial charge is 0.272 e. The van der Waals surface area contributed by atoms with Gasteiger partial charge in [0.25, 0.3) is 5.91 Å². The van der Waals surface area contributed by atoms with Crippen LogP contribution in [0, 0.1) is 6.92 Å². The molecule has 3 rings (SSSR count). The molecule has 1 saturated heterocycles. The molecule has 1 aromatic carbocycles. The lowest BCUT2D eigenvalue weighted by molar-refractivity contribution is -0.130. The van der Waals surface area contributed by atoms with Gasteiger partial charge in [-0.25, -0.2) is 9.97 Å². The molecule has 8 heteroatoms. The topological polar surface area (TPSA) is 87.7 Å². The van der Waals surface area contributed by atoms with Gasteiger partial charge in [0, 0.05) is 44.5 Å². The second-order valence-electron chi connectivity index (χ2n) is 6.60. The third kappa shape index (κ3) is 4.76. The first-order valence-electron chi connectivity index (χ1n) is 9.36. The Morgan fingerprint density at radius 2 is 1.71 bits per heavy atom. The first-order chi connectivity index (χ1) is 13.5. The van der Waals surface area contributed by atoms with Crippen LogP contribution in [0.3, 0.4) is 0 Å². The van der Waals surface area contributed by atoms with Crippen LogP contribution in [0.4, 0.5) is 11.6 Å². The number of piperazine rings is 1. The highest BCUT2D eigenvalue weighted by atomic mass is 16.5. The zero-order valence-electron chi connectivity index (χ0n) is 16.4. The summed E-state index contributed by atoms with van der Waals surface area (Å²) in [5, 5.41) is 3.13. The molecule has 1 aliphatic rings. The van der Waals surface area contributed by atoms with Crippen LogP contribution in [0.15, 0.2) is 30.3 Å². The van der Waals surface area contributed by atoms with Crippen LogP contribution in [0.1, 0.15) is 30.0 Å². The molecule has 0 aliphatic carbocycles. The molecule has 2 aromatic rings. The fourth-order valence-electron chi connectivity index (χ4n) is 3.05. The van der Waals surface area contributed by atoms with E-state index in [9.17, 15) is 9.59 Å². The van der Waals surface area contributed by atoms with Crippen LogP contribution in [-0.4, -0.2) is 64.4 Å². The number of carbonyl (C=O) groups is 2.